The van der Waals surface area contributed by atoms with Gasteiger partial charge in [0.15, 0.2) is 0 Å². The molecular weight excluding hydrogens is 229 g/mol. The zero-order chi connectivity index (χ0) is 11.3. The van der Waals surface area contributed by atoms with Crippen LogP contribution in [-0.2, 0) is 0 Å². The Labute approximate surface area is 102 Å². The summed E-state index contributed by atoms with van der Waals surface area (Å²) in [5.41, 5.74) is 1.04. The Morgan fingerprint density at radius 1 is 1.20 bits per heavy atom. The minimum Gasteiger partial charge on any atom is -0.385 e. The highest BCUT2D eigenvalue weighted by Crippen LogP contribution is 2.24. The second-order valence-electron chi connectivity index (χ2n) is 4.09. The summed E-state index contributed by atoms with van der Waals surface area (Å²) in [6.07, 6.45) is 2.42. The monoisotopic (exact) mass is 245 g/mol. The first-order valence-electron chi connectivity index (χ1n) is 5.28. The molecule has 0 unspecified atom stereocenters. The Bertz CT molecular complexity index is 310. The normalized spacial score (nSPS) is 10.7. The fraction of sp³-hybridized carbons (Fsp3) is 0.500. The molecule has 0 aliphatic heterocycles. The zero-order valence-corrected chi connectivity index (χ0v) is 10.7. The highest BCUT2D eigenvalue weighted by Gasteiger charge is 1.99. The molecule has 0 heterocycles. The molecule has 0 fully saturated rings. The quantitative estimate of drug-likeness (QED) is 0.733. The third-order valence-corrected chi connectivity index (χ3v) is 2.95. The molecule has 0 aliphatic carbocycles. The fourth-order valence-corrected chi connectivity index (χ4v) is 1.65. The van der Waals surface area contributed by atoms with Gasteiger partial charge >= 0.3 is 0 Å². The summed E-state index contributed by atoms with van der Waals surface area (Å²) < 4.78 is 0. The Morgan fingerprint density at radius 3 is 2.53 bits per heavy atom. The standard InChI is InChI=1S/C12H17Cl2N/c1-9(2)4-3-7-15-10-5-6-11(13)12(14)8-10/h5-6,8-9,15H,3-4,7H2,1-2H3. The van der Waals surface area contributed by atoms with Gasteiger partial charge in [-0.05, 0) is 37.0 Å². The molecule has 0 saturated carbocycles. The summed E-state index contributed by atoms with van der Waals surface area (Å²) in [6, 6.07) is 5.62. The van der Waals surface area contributed by atoms with E-state index in [4.69, 9.17) is 23.2 Å². The lowest BCUT2D eigenvalue weighted by atomic mass is 10.1. The van der Waals surface area contributed by atoms with Crippen molar-refractivity contribution in [3.8, 4) is 0 Å². The lowest BCUT2D eigenvalue weighted by Gasteiger charge is -2.08. The first-order valence-corrected chi connectivity index (χ1v) is 6.04. The zero-order valence-electron chi connectivity index (χ0n) is 9.19. The van der Waals surface area contributed by atoms with E-state index in [0.29, 0.717) is 10.0 Å². The molecule has 1 N–H and O–H groups in total. The highest BCUT2D eigenvalue weighted by atomic mass is 35.5. The van der Waals surface area contributed by atoms with Gasteiger partial charge in [0.05, 0.1) is 10.0 Å². The van der Waals surface area contributed by atoms with Crippen molar-refractivity contribution in [2.24, 2.45) is 5.92 Å². The molecule has 0 aliphatic rings. The van der Waals surface area contributed by atoms with Gasteiger partial charge in [-0.1, -0.05) is 37.0 Å². The van der Waals surface area contributed by atoms with Crippen LogP contribution in [-0.4, -0.2) is 6.54 Å². The largest absolute Gasteiger partial charge is 0.385 e. The van der Waals surface area contributed by atoms with Crippen molar-refractivity contribution in [3.05, 3.63) is 28.2 Å². The molecule has 15 heavy (non-hydrogen) atoms. The van der Waals surface area contributed by atoms with Crippen molar-refractivity contribution in [1.29, 1.82) is 0 Å². The second kappa shape index (κ2) is 6.24. The Kier molecular flexibility index (Phi) is 5.27. The molecule has 0 saturated heterocycles. The highest BCUT2D eigenvalue weighted by molar-refractivity contribution is 6.42. The van der Waals surface area contributed by atoms with E-state index in [-0.39, 0.29) is 0 Å². The molecule has 0 amide bonds. The minimum atomic E-state index is 0.601. The summed E-state index contributed by atoms with van der Waals surface area (Å²) in [5.74, 6) is 0.764. The molecule has 0 atom stereocenters. The van der Waals surface area contributed by atoms with Crippen molar-refractivity contribution < 1.29 is 0 Å². The predicted octanol–water partition coefficient (Wildman–Crippen LogP) is 4.84. The number of benzene rings is 1. The third-order valence-electron chi connectivity index (χ3n) is 2.21. The van der Waals surface area contributed by atoms with Gasteiger partial charge in [0.2, 0.25) is 0 Å². The molecular formula is C12H17Cl2N. The molecule has 3 heteroatoms. The minimum absolute atomic E-state index is 0.601. The molecule has 0 spiro atoms. The summed E-state index contributed by atoms with van der Waals surface area (Å²) >= 11 is 11.7. The number of halogens is 2. The lowest BCUT2D eigenvalue weighted by molar-refractivity contribution is 0.567. The van der Waals surface area contributed by atoms with Gasteiger partial charge in [0.1, 0.15) is 0 Å². The molecule has 1 rings (SSSR count). The van der Waals surface area contributed by atoms with Gasteiger partial charge in [-0.25, -0.2) is 0 Å². The predicted molar refractivity (Wildman–Crippen MR) is 69.0 cm³/mol. The third kappa shape index (κ3) is 4.76. The van der Waals surface area contributed by atoms with Crippen LogP contribution in [0.15, 0.2) is 18.2 Å². The van der Waals surface area contributed by atoms with E-state index >= 15 is 0 Å². The maximum absolute atomic E-state index is 5.91. The van der Waals surface area contributed by atoms with Crippen LogP contribution in [0, 0.1) is 5.92 Å². The van der Waals surface area contributed by atoms with Gasteiger partial charge in [0, 0.05) is 12.2 Å². The van der Waals surface area contributed by atoms with Crippen molar-refractivity contribution in [2.45, 2.75) is 26.7 Å². The van der Waals surface area contributed by atoms with Crippen LogP contribution in [0.4, 0.5) is 5.69 Å². The van der Waals surface area contributed by atoms with E-state index in [9.17, 15) is 0 Å². The van der Waals surface area contributed by atoms with Crippen LogP contribution >= 0.6 is 23.2 Å². The van der Waals surface area contributed by atoms with E-state index in [0.717, 1.165) is 18.2 Å². The Balaban J connectivity index is 2.35. The Hall–Kier alpha value is -0.400. The number of anilines is 1. The van der Waals surface area contributed by atoms with E-state index in [2.05, 4.69) is 19.2 Å². The first-order chi connectivity index (χ1) is 7.09. The summed E-state index contributed by atoms with van der Waals surface area (Å²) in [4.78, 5) is 0. The average molecular weight is 246 g/mol. The van der Waals surface area contributed by atoms with Crippen LogP contribution in [0.2, 0.25) is 10.0 Å². The molecule has 0 bridgehead atoms. The van der Waals surface area contributed by atoms with E-state index in [1.165, 1.54) is 12.8 Å². The molecule has 1 nitrogen and oxygen atoms in total. The molecule has 0 radical (unpaired) electrons. The van der Waals surface area contributed by atoms with E-state index in [1.54, 1.807) is 0 Å². The van der Waals surface area contributed by atoms with E-state index < -0.39 is 0 Å². The Morgan fingerprint density at radius 2 is 1.93 bits per heavy atom. The van der Waals surface area contributed by atoms with Crippen molar-refractivity contribution >= 4 is 28.9 Å². The fourth-order valence-electron chi connectivity index (χ4n) is 1.35. The van der Waals surface area contributed by atoms with Gasteiger partial charge in [0.25, 0.3) is 0 Å². The molecule has 0 aromatic heterocycles. The molecule has 1 aromatic rings. The maximum atomic E-state index is 5.91. The summed E-state index contributed by atoms with van der Waals surface area (Å²) in [5, 5.41) is 4.53. The summed E-state index contributed by atoms with van der Waals surface area (Å²) in [7, 11) is 0. The average Bonchev–Trinajstić information content (AvgIpc) is 2.18. The number of rotatable bonds is 5. The van der Waals surface area contributed by atoms with Gasteiger partial charge in [-0.3, -0.25) is 0 Å². The van der Waals surface area contributed by atoms with Crippen LogP contribution in [0.1, 0.15) is 26.7 Å². The van der Waals surface area contributed by atoms with Crippen molar-refractivity contribution in [1.82, 2.24) is 0 Å². The molecule has 1 aromatic carbocycles. The molecule has 84 valence electrons. The topological polar surface area (TPSA) is 12.0 Å². The smallest absolute Gasteiger partial charge is 0.0612 e. The maximum Gasteiger partial charge on any atom is 0.0612 e. The van der Waals surface area contributed by atoms with E-state index in [1.807, 2.05) is 18.2 Å². The van der Waals surface area contributed by atoms with Crippen molar-refractivity contribution in [3.63, 3.8) is 0 Å². The van der Waals surface area contributed by atoms with Crippen LogP contribution in [0.5, 0.6) is 0 Å². The van der Waals surface area contributed by atoms with Gasteiger partial charge in [-0.2, -0.15) is 0 Å². The number of nitrogens with one attached hydrogen (secondary N) is 1. The van der Waals surface area contributed by atoms with Crippen LogP contribution in [0.25, 0.3) is 0 Å². The van der Waals surface area contributed by atoms with Gasteiger partial charge in [-0.15, -0.1) is 0 Å². The van der Waals surface area contributed by atoms with Crippen LogP contribution < -0.4 is 5.32 Å². The number of hydrogen-bond donors (Lipinski definition) is 1. The second-order valence-corrected chi connectivity index (χ2v) is 4.91. The number of hydrogen-bond acceptors (Lipinski definition) is 1. The van der Waals surface area contributed by atoms with Crippen molar-refractivity contribution in [2.75, 3.05) is 11.9 Å². The van der Waals surface area contributed by atoms with Gasteiger partial charge < -0.3 is 5.32 Å². The van der Waals surface area contributed by atoms with Crippen LogP contribution in [0.3, 0.4) is 0 Å². The first kappa shape index (κ1) is 12.7. The SMILES string of the molecule is CC(C)CCCNc1ccc(Cl)c(Cl)c1. The summed E-state index contributed by atoms with van der Waals surface area (Å²) in [6.45, 7) is 5.45. The lowest BCUT2D eigenvalue weighted by Crippen LogP contribution is -2.02.